The second-order valence-corrected chi connectivity index (χ2v) is 12.6. The molecule has 48 heavy (non-hydrogen) atoms. The first-order valence-corrected chi connectivity index (χ1v) is 16.5. The van der Waals surface area contributed by atoms with Crippen LogP contribution in [0.1, 0.15) is 28.3 Å². The highest BCUT2D eigenvalue weighted by Gasteiger charge is 2.30. The smallest absolute Gasteiger partial charge is 0.273 e. The molecule has 8 nitrogen and oxygen atoms in total. The minimum Gasteiger partial charge on any atom is -0.497 e. The summed E-state index contributed by atoms with van der Waals surface area (Å²) < 4.78 is 13.0. The predicted octanol–water partition coefficient (Wildman–Crippen LogP) is 4.66. The Kier molecular flexibility index (Phi) is 9.86. The molecule has 6 rings (SSSR count). The van der Waals surface area contributed by atoms with Crippen LogP contribution in [0.2, 0.25) is 0 Å². The van der Waals surface area contributed by atoms with Crippen molar-refractivity contribution in [1.82, 2.24) is 14.4 Å². The number of benzene rings is 4. The third-order valence-corrected chi connectivity index (χ3v) is 9.64. The van der Waals surface area contributed by atoms with E-state index in [-0.39, 0.29) is 23.1 Å². The number of nitriles is 1. The minimum atomic E-state index is -0.385. The number of carbonyl (C=O) groups excluding carboxylic acids is 1. The van der Waals surface area contributed by atoms with Crippen LogP contribution in [0.5, 0.6) is 11.5 Å². The van der Waals surface area contributed by atoms with E-state index in [0.29, 0.717) is 58.1 Å². The Balaban J connectivity index is 1.39. The summed E-state index contributed by atoms with van der Waals surface area (Å²) in [5.41, 5.74) is 4.20. The van der Waals surface area contributed by atoms with E-state index in [4.69, 9.17) is 9.47 Å². The third-order valence-electron chi connectivity index (χ3n) is 8.55. The standard InChI is InChI=1S/C39H36N4O4S/c1-27-11-10-16-31(23-27)43-38(45)35(24-30-17-18-32(46-2)25-34(30)47-3)48-39(43)33(26-40)37(44)42-21-19-41(20-22-42)36(28-12-6-4-7-13-28)29-14-8-5-9-15-29/h4-18,23-25,36H,19-22H2,1-3H3/b35-24-,39-33-. The molecule has 0 bridgehead atoms. The van der Waals surface area contributed by atoms with E-state index in [1.165, 1.54) is 15.7 Å². The van der Waals surface area contributed by atoms with Crippen molar-refractivity contribution in [1.29, 1.82) is 5.26 Å². The number of aromatic nitrogens is 1. The zero-order valence-corrected chi connectivity index (χ0v) is 27.9. The Labute approximate surface area is 283 Å². The third kappa shape index (κ3) is 6.67. The molecule has 1 saturated heterocycles. The molecule has 0 N–H and O–H groups in total. The molecule has 9 heteroatoms. The molecule has 0 saturated carbocycles. The zero-order chi connectivity index (χ0) is 33.6. The summed E-state index contributed by atoms with van der Waals surface area (Å²) in [4.78, 5) is 32.3. The van der Waals surface area contributed by atoms with Crippen LogP contribution in [-0.4, -0.2) is 60.7 Å². The van der Waals surface area contributed by atoms with E-state index >= 15 is 0 Å². The SMILES string of the molecule is COc1ccc(/C=c2\s/c(=C(/C#N)C(=O)N3CCN(C(c4ccccc4)c4ccccc4)CC3)n(-c3cccc(C)c3)c2=O)c(OC)c1. The van der Waals surface area contributed by atoms with Gasteiger partial charge in [0.1, 0.15) is 22.2 Å². The van der Waals surface area contributed by atoms with Gasteiger partial charge in [0, 0.05) is 37.8 Å². The topological polar surface area (TPSA) is 87.8 Å². The van der Waals surface area contributed by atoms with Gasteiger partial charge in [-0.2, -0.15) is 5.26 Å². The Bertz CT molecular complexity index is 2100. The summed E-state index contributed by atoms with van der Waals surface area (Å²) in [6.45, 7) is 4.09. The van der Waals surface area contributed by atoms with Crippen LogP contribution in [-0.2, 0) is 4.79 Å². The Morgan fingerprint density at radius 1 is 0.854 bits per heavy atom. The van der Waals surface area contributed by atoms with Crippen LogP contribution < -0.4 is 24.2 Å². The monoisotopic (exact) mass is 656 g/mol. The molecule has 4 aromatic carbocycles. The van der Waals surface area contributed by atoms with E-state index in [1.807, 2.05) is 73.7 Å². The van der Waals surface area contributed by atoms with E-state index in [2.05, 4.69) is 35.2 Å². The fraction of sp³-hybridized carbons (Fsp3) is 0.205. The molecule has 242 valence electrons. The largest absolute Gasteiger partial charge is 0.497 e. The van der Waals surface area contributed by atoms with E-state index in [9.17, 15) is 14.9 Å². The Hall–Kier alpha value is -5.43. The molecule has 1 amide bonds. The molecule has 1 fully saturated rings. The molecule has 5 aromatic rings. The zero-order valence-electron chi connectivity index (χ0n) is 27.1. The average molecular weight is 657 g/mol. The number of methoxy groups -OCH3 is 2. The highest BCUT2D eigenvalue weighted by molar-refractivity contribution is 7.07. The van der Waals surface area contributed by atoms with Crippen molar-refractivity contribution in [3.63, 3.8) is 0 Å². The maximum atomic E-state index is 14.1. The molecule has 1 aromatic heterocycles. The van der Waals surface area contributed by atoms with Crippen LogP contribution >= 0.6 is 11.3 Å². The van der Waals surface area contributed by atoms with Crippen molar-refractivity contribution >= 4 is 28.9 Å². The lowest BCUT2D eigenvalue weighted by atomic mass is 9.96. The molecular formula is C39H36N4O4S. The second kappa shape index (κ2) is 14.6. The molecule has 0 aliphatic carbocycles. The van der Waals surface area contributed by atoms with Gasteiger partial charge in [-0.3, -0.25) is 19.1 Å². The summed E-state index contributed by atoms with van der Waals surface area (Å²) in [6, 6.07) is 35.8. The highest BCUT2D eigenvalue weighted by Crippen LogP contribution is 2.30. The number of rotatable bonds is 8. The van der Waals surface area contributed by atoms with Crippen molar-refractivity contribution in [2.75, 3.05) is 40.4 Å². The number of thiazole rings is 1. The van der Waals surface area contributed by atoms with Gasteiger partial charge in [-0.15, -0.1) is 11.3 Å². The molecule has 1 aliphatic rings. The van der Waals surface area contributed by atoms with Gasteiger partial charge in [-0.05, 0) is 54.0 Å². The van der Waals surface area contributed by atoms with Crippen LogP contribution in [0.25, 0.3) is 17.3 Å². The average Bonchev–Trinajstić information content (AvgIpc) is 3.44. The van der Waals surface area contributed by atoms with Crippen LogP contribution in [0.15, 0.2) is 108 Å². The van der Waals surface area contributed by atoms with E-state index in [1.54, 1.807) is 37.3 Å². The van der Waals surface area contributed by atoms with Gasteiger partial charge in [0.2, 0.25) is 0 Å². The van der Waals surface area contributed by atoms with Gasteiger partial charge in [0.25, 0.3) is 11.5 Å². The number of amides is 1. The summed E-state index contributed by atoms with van der Waals surface area (Å²) in [7, 11) is 3.13. The number of hydrogen-bond donors (Lipinski definition) is 0. The molecule has 0 radical (unpaired) electrons. The van der Waals surface area contributed by atoms with Gasteiger partial charge in [0.05, 0.1) is 30.5 Å². The lowest BCUT2D eigenvalue weighted by Gasteiger charge is -2.39. The predicted molar refractivity (Wildman–Crippen MR) is 189 cm³/mol. The molecule has 0 spiro atoms. The lowest BCUT2D eigenvalue weighted by Crippen LogP contribution is -2.50. The first-order valence-electron chi connectivity index (χ1n) is 15.7. The summed E-state index contributed by atoms with van der Waals surface area (Å²) >= 11 is 1.13. The highest BCUT2D eigenvalue weighted by atomic mass is 32.1. The number of ether oxygens (including phenoxy) is 2. The van der Waals surface area contributed by atoms with Crippen LogP contribution in [0, 0.1) is 18.3 Å². The molecule has 2 heterocycles. The normalized spacial score (nSPS) is 14.5. The lowest BCUT2D eigenvalue weighted by molar-refractivity contribution is -0.126. The fourth-order valence-corrected chi connectivity index (χ4v) is 7.23. The summed E-state index contributed by atoms with van der Waals surface area (Å²) in [5, 5.41) is 10.5. The van der Waals surface area contributed by atoms with E-state index in [0.717, 1.165) is 16.9 Å². The molecular weight excluding hydrogens is 621 g/mol. The first kappa shape index (κ1) is 32.5. The van der Waals surface area contributed by atoms with Gasteiger partial charge >= 0.3 is 0 Å². The second-order valence-electron chi connectivity index (χ2n) is 11.5. The molecule has 0 unspecified atom stereocenters. The van der Waals surface area contributed by atoms with Crippen molar-refractivity contribution < 1.29 is 14.3 Å². The maximum absolute atomic E-state index is 14.1. The van der Waals surface area contributed by atoms with Crippen molar-refractivity contribution in [2.45, 2.75) is 13.0 Å². The minimum absolute atomic E-state index is 0.0425. The number of piperazine rings is 1. The van der Waals surface area contributed by atoms with E-state index < -0.39 is 0 Å². The summed E-state index contributed by atoms with van der Waals surface area (Å²) in [5.74, 6) is 0.774. The number of nitrogens with zero attached hydrogens (tertiary/aromatic N) is 4. The number of carbonyl (C=O) groups is 1. The maximum Gasteiger partial charge on any atom is 0.273 e. The Morgan fingerprint density at radius 3 is 2.10 bits per heavy atom. The van der Waals surface area contributed by atoms with Crippen molar-refractivity contribution in [3.05, 3.63) is 145 Å². The van der Waals surface area contributed by atoms with Gasteiger partial charge < -0.3 is 14.4 Å². The fourth-order valence-electron chi connectivity index (χ4n) is 6.14. The molecule has 0 atom stereocenters. The van der Waals surface area contributed by atoms with Gasteiger partial charge in [-0.1, -0.05) is 72.8 Å². The summed E-state index contributed by atoms with van der Waals surface area (Å²) in [6.07, 6.45) is 1.73. The van der Waals surface area contributed by atoms with Crippen LogP contribution in [0.3, 0.4) is 0 Å². The Morgan fingerprint density at radius 2 is 1.52 bits per heavy atom. The van der Waals surface area contributed by atoms with Gasteiger partial charge in [0.15, 0.2) is 5.57 Å². The van der Waals surface area contributed by atoms with Crippen LogP contribution in [0.4, 0.5) is 0 Å². The first-order chi connectivity index (χ1) is 23.4. The quantitative estimate of drug-likeness (QED) is 0.242. The van der Waals surface area contributed by atoms with Crippen molar-refractivity contribution in [3.8, 4) is 23.3 Å². The van der Waals surface area contributed by atoms with Gasteiger partial charge in [-0.25, -0.2) is 0 Å². The number of aryl methyl sites for hydroxylation is 1. The molecule has 1 aliphatic heterocycles. The number of hydrogen-bond acceptors (Lipinski definition) is 7. The van der Waals surface area contributed by atoms with Crippen molar-refractivity contribution in [2.24, 2.45) is 0 Å².